The van der Waals surface area contributed by atoms with E-state index in [9.17, 15) is 4.79 Å². The molecule has 1 aromatic carbocycles. The lowest BCUT2D eigenvalue weighted by molar-refractivity contribution is 0.0903. The van der Waals surface area contributed by atoms with Crippen LogP contribution in [0.25, 0.3) is 0 Å². The van der Waals surface area contributed by atoms with Crippen LogP contribution in [-0.2, 0) is 0 Å². The van der Waals surface area contributed by atoms with Gasteiger partial charge in [0.15, 0.2) is 0 Å². The Bertz CT molecular complexity index is 422. The molecule has 0 spiro atoms. The first-order valence-electron chi connectivity index (χ1n) is 5.81. The highest BCUT2D eigenvalue weighted by Gasteiger charge is 2.27. The Morgan fingerprint density at radius 2 is 1.89 bits per heavy atom. The van der Waals surface area contributed by atoms with Crippen LogP contribution in [0.1, 0.15) is 37.0 Å². The van der Waals surface area contributed by atoms with Crippen molar-refractivity contribution in [2.24, 2.45) is 0 Å². The number of rotatable bonds is 5. The fraction of sp³-hybridized carbons (Fsp3) is 0.462. The third-order valence-corrected chi connectivity index (χ3v) is 5.42. The molecule has 1 rings (SSSR count). The molecule has 0 atom stereocenters. The van der Waals surface area contributed by atoms with Gasteiger partial charge in [0.25, 0.3) is 5.91 Å². The van der Waals surface area contributed by atoms with Crippen LogP contribution in [0.15, 0.2) is 27.1 Å². The zero-order valence-electron chi connectivity index (χ0n) is 10.4. The van der Waals surface area contributed by atoms with Crippen molar-refractivity contribution in [2.45, 2.75) is 32.2 Å². The summed E-state index contributed by atoms with van der Waals surface area (Å²) >= 11 is 10.3. The van der Waals surface area contributed by atoms with Crippen LogP contribution in [0.5, 0.6) is 0 Å². The van der Waals surface area contributed by atoms with Gasteiger partial charge in [-0.1, -0.05) is 45.7 Å². The fourth-order valence-electron chi connectivity index (χ4n) is 1.63. The van der Waals surface area contributed by atoms with E-state index in [1.54, 1.807) is 0 Å². The number of hydrogen-bond donors (Lipinski definition) is 1. The summed E-state index contributed by atoms with van der Waals surface area (Å²) in [6, 6.07) is 5.59. The normalized spacial score (nSPS) is 11.4. The second kappa shape index (κ2) is 7.06. The number of halogens is 3. The second-order valence-electron chi connectivity index (χ2n) is 4.20. The van der Waals surface area contributed by atoms with Crippen molar-refractivity contribution in [1.29, 1.82) is 0 Å². The van der Waals surface area contributed by atoms with E-state index in [1.807, 2.05) is 18.2 Å². The lowest BCUT2D eigenvalue weighted by Gasteiger charge is -2.31. The number of benzene rings is 1. The van der Waals surface area contributed by atoms with Crippen molar-refractivity contribution >= 4 is 53.7 Å². The minimum absolute atomic E-state index is 0.0497. The molecular formula is C13H16Br3NO. The Kier molecular flexibility index (Phi) is 6.35. The first kappa shape index (κ1) is 16.2. The van der Waals surface area contributed by atoms with Gasteiger partial charge in [0.2, 0.25) is 0 Å². The van der Waals surface area contributed by atoms with Crippen LogP contribution < -0.4 is 5.32 Å². The van der Waals surface area contributed by atoms with Gasteiger partial charge in [-0.3, -0.25) is 4.79 Å². The van der Waals surface area contributed by atoms with E-state index in [0.717, 1.165) is 27.1 Å². The van der Waals surface area contributed by atoms with Gasteiger partial charge in [-0.05, 0) is 47.0 Å². The standard InChI is InChI=1S/C13H16Br3NO/c1-3-13(4-2,8-14)17-12(18)10-7-9(15)5-6-11(10)16/h5-7H,3-4,8H2,1-2H3,(H,17,18). The van der Waals surface area contributed by atoms with E-state index in [1.165, 1.54) is 0 Å². The highest BCUT2D eigenvalue weighted by Crippen LogP contribution is 2.24. The van der Waals surface area contributed by atoms with Crippen LogP contribution >= 0.6 is 47.8 Å². The lowest BCUT2D eigenvalue weighted by atomic mass is 9.95. The Labute approximate surface area is 133 Å². The number of alkyl halides is 1. The zero-order chi connectivity index (χ0) is 13.8. The van der Waals surface area contributed by atoms with Gasteiger partial charge in [0.1, 0.15) is 0 Å². The van der Waals surface area contributed by atoms with E-state index >= 15 is 0 Å². The molecule has 1 N–H and O–H groups in total. The van der Waals surface area contributed by atoms with Crippen LogP contribution in [0.3, 0.4) is 0 Å². The third kappa shape index (κ3) is 3.81. The fourth-order valence-corrected chi connectivity index (χ4v) is 3.35. The predicted octanol–water partition coefficient (Wildman–Crippen LogP) is 4.90. The molecule has 0 heterocycles. The Morgan fingerprint density at radius 1 is 1.28 bits per heavy atom. The highest BCUT2D eigenvalue weighted by atomic mass is 79.9. The van der Waals surface area contributed by atoms with E-state index in [4.69, 9.17) is 0 Å². The van der Waals surface area contributed by atoms with Gasteiger partial charge >= 0.3 is 0 Å². The predicted molar refractivity (Wildman–Crippen MR) is 86.4 cm³/mol. The number of amides is 1. The Hall–Kier alpha value is 0.130. The summed E-state index contributed by atoms with van der Waals surface area (Å²) in [5.41, 5.74) is 0.468. The van der Waals surface area contributed by atoms with Gasteiger partial charge < -0.3 is 5.32 Å². The van der Waals surface area contributed by atoms with E-state index in [2.05, 4.69) is 67.0 Å². The topological polar surface area (TPSA) is 29.1 Å². The van der Waals surface area contributed by atoms with Gasteiger partial charge in [0, 0.05) is 19.8 Å². The number of nitrogens with one attached hydrogen (secondary N) is 1. The summed E-state index contributed by atoms with van der Waals surface area (Å²) in [5.74, 6) is -0.0497. The summed E-state index contributed by atoms with van der Waals surface area (Å²) in [6.45, 7) is 4.17. The molecule has 0 fully saturated rings. The van der Waals surface area contributed by atoms with Crippen molar-refractivity contribution in [3.63, 3.8) is 0 Å². The molecule has 100 valence electrons. The quantitative estimate of drug-likeness (QED) is 0.647. The van der Waals surface area contributed by atoms with Gasteiger partial charge in [-0.25, -0.2) is 0 Å². The number of carbonyl (C=O) groups excluding carboxylic acids is 1. The lowest BCUT2D eigenvalue weighted by Crippen LogP contribution is -2.49. The van der Waals surface area contributed by atoms with E-state index in [-0.39, 0.29) is 11.4 Å². The Morgan fingerprint density at radius 3 is 2.39 bits per heavy atom. The molecule has 0 aromatic heterocycles. The highest BCUT2D eigenvalue weighted by molar-refractivity contribution is 9.11. The molecule has 2 nitrogen and oxygen atoms in total. The first-order valence-corrected chi connectivity index (χ1v) is 8.52. The van der Waals surface area contributed by atoms with E-state index < -0.39 is 0 Å². The molecule has 0 aliphatic heterocycles. The average molecular weight is 442 g/mol. The summed E-state index contributed by atoms with van der Waals surface area (Å²) in [4.78, 5) is 12.3. The van der Waals surface area contributed by atoms with Crippen molar-refractivity contribution in [2.75, 3.05) is 5.33 Å². The maximum absolute atomic E-state index is 12.3. The minimum atomic E-state index is -0.182. The summed E-state index contributed by atoms with van der Waals surface area (Å²) in [6.07, 6.45) is 1.79. The summed E-state index contributed by atoms with van der Waals surface area (Å²) in [5, 5.41) is 3.88. The third-order valence-electron chi connectivity index (χ3n) is 3.16. The molecule has 5 heteroatoms. The molecule has 0 unspecified atom stereocenters. The molecule has 0 radical (unpaired) electrons. The van der Waals surface area contributed by atoms with Crippen LogP contribution in [-0.4, -0.2) is 16.8 Å². The molecule has 1 amide bonds. The second-order valence-corrected chi connectivity index (χ2v) is 6.53. The van der Waals surface area contributed by atoms with Crippen molar-refractivity contribution in [3.8, 4) is 0 Å². The maximum atomic E-state index is 12.3. The number of carbonyl (C=O) groups is 1. The Balaban J connectivity index is 2.97. The smallest absolute Gasteiger partial charge is 0.252 e. The number of hydrogen-bond acceptors (Lipinski definition) is 1. The molecule has 1 aromatic rings. The molecule has 0 aliphatic rings. The average Bonchev–Trinajstić information content (AvgIpc) is 2.38. The van der Waals surface area contributed by atoms with Crippen LogP contribution in [0.2, 0.25) is 0 Å². The molecule has 0 saturated carbocycles. The summed E-state index contributed by atoms with van der Waals surface area (Å²) < 4.78 is 1.70. The van der Waals surface area contributed by atoms with Crippen molar-refractivity contribution in [3.05, 3.63) is 32.7 Å². The monoisotopic (exact) mass is 439 g/mol. The first-order chi connectivity index (χ1) is 8.48. The largest absolute Gasteiger partial charge is 0.346 e. The van der Waals surface area contributed by atoms with Crippen molar-refractivity contribution < 1.29 is 4.79 Å². The molecule has 0 saturated heterocycles. The van der Waals surface area contributed by atoms with E-state index in [0.29, 0.717) is 5.56 Å². The summed E-state index contributed by atoms with van der Waals surface area (Å²) in [7, 11) is 0. The van der Waals surface area contributed by atoms with Crippen LogP contribution in [0.4, 0.5) is 0 Å². The molecule has 0 aliphatic carbocycles. The molecule has 18 heavy (non-hydrogen) atoms. The molecular weight excluding hydrogens is 426 g/mol. The molecule has 0 bridgehead atoms. The van der Waals surface area contributed by atoms with Crippen molar-refractivity contribution in [1.82, 2.24) is 5.32 Å². The minimum Gasteiger partial charge on any atom is -0.346 e. The zero-order valence-corrected chi connectivity index (χ0v) is 15.2. The maximum Gasteiger partial charge on any atom is 0.252 e. The van der Waals surface area contributed by atoms with Gasteiger partial charge in [0.05, 0.1) is 5.56 Å². The SMILES string of the molecule is CCC(CC)(CBr)NC(=O)c1cc(Br)ccc1Br. The van der Waals surface area contributed by atoms with Gasteiger partial charge in [-0.15, -0.1) is 0 Å². The van der Waals surface area contributed by atoms with Crippen LogP contribution in [0, 0.1) is 0 Å². The van der Waals surface area contributed by atoms with Gasteiger partial charge in [-0.2, -0.15) is 0 Å².